The Morgan fingerprint density at radius 2 is 1.68 bits per heavy atom. The average Bonchev–Trinajstić information content (AvgIpc) is 2.65. The van der Waals surface area contributed by atoms with Crippen molar-refractivity contribution in [2.24, 2.45) is 0 Å². The predicted molar refractivity (Wildman–Crippen MR) is 91.7 cm³/mol. The molecule has 0 aromatic heterocycles. The van der Waals surface area contributed by atoms with Crippen molar-refractivity contribution in [2.75, 3.05) is 13.2 Å². The topological polar surface area (TPSA) is 87.7 Å². The van der Waals surface area contributed by atoms with Gasteiger partial charge in [-0.05, 0) is 11.6 Å². The number of carbonyl (C=O) groups is 2. The highest BCUT2D eigenvalue weighted by Crippen LogP contribution is 2.36. The number of ether oxygens (including phenoxy) is 1. The van der Waals surface area contributed by atoms with Crippen LogP contribution in [-0.4, -0.2) is 30.1 Å². The molecule has 0 bridgehead atoms. The van der Waals surface area contributed by atoms with Crippen LogP contribution >= 0.6 is 0 Å². The Kier molecular flexibility index (Phi) is 5.00. The molecule has 0 aliphatic carbocycles. The van der Waals surface area contributed by atoms with E-state index in [0.717, 1.165) is 5.56 Å². The molecular weight excluding hydrogens is 320 g/mol. The molecule has 2 amide bonds. The maximum Gasteiger partial charge on any atom is 0.309 e. The Balaban J connectivity index is 1.56. The molecule has 1 aliphatic rings. The van der Waals surface area contributed by atoms with Gasteiger partial charge in [0.15, 0.2) is 0 Å². The average molecular weight is 340 g/mol. The summed E-state index contributed by atoms with van der Waals surface area (Å²) in [5, 5.41) is 15.9. The molecule has 0 saturated heterocycles. The zero-order valence-corrected chi connectivity index (χ0v) is 13.7. The highest BCUT2D eigenvalue weighted by Gasteiger charge is 2.36. The number of benzene rings is 2. The summed E-state index contributed by atoms with van der Waals surface area (Å²) in [6.45, 7) is 0.572. The summed E-state index contributed by atoms with van der Waals surface area (Å²) in [7, 11) is 0. The van der Waals surface area contributed by atoms with Crippen LogP contribution < -0.4 is 15.4 Å². The van der Waals surface area contributed by atoms with Crippen LogP contribution in [0.1, 0.15) is 17.5 Å². The molecule has 6 nitrogen and oxygen atoms in total. The predicted octanol–water partition coefficient (Wildman–Crippen LogP) is 1.09. The lowest BCUT2D eigenvalue weighted by atomic mass is 9.88. The summed E-state index contributed by atoms with van der Waals surface area (Å²) in [6.07, 6.45) is 0.343. The lowest BCUT2D eigenvalue weighted by molar-refractivity contribution is -0.140. The first kappa shape index (κ1) is 17.0. The minimum absolute atomic E-state index is 0.0506. The minimum Gasteiger partial charge on any atom is -0.493 e. The van der Waals surface area contributed by atoms with Gasteiger partial charge in [0.05, 0.1) is 13.2 Å². The van der Waals surface area contributed by atoms with Gasteiger partial charge in [-0.15, -0.1) is 0 Å². The molecular formula is C19H20N2O4. The Labute approximate surface area is 145 Å². The standard InChI is InChI=1S/C19H20N2O4/c22-17(20-12-14-6-2-1-3-7-14)18(23)21-13-19(24)10-11-25-16-9-5-4-8-15(16)19/h1-9,24H,10-13H2,(H,20,22)(H,21,23)/t19-/m1/s1. The monoisotopic (exact) mass is 340 g/mol. The zero-order valence-electron chi connectivity index (χ0n) is 13.7. The number of aliphatic hydroxyl groups is 1. The third-order valence-electron chi connectivity index (χ3n) is 4.21. The SMILES string of the molecule is O=C(NCc1ccccc1)C(=O)NC[C@]1(O)CCOc2ccccc21. The molecule has 25 heavy (non-hydrogen) atoms. The number of fused-ring (bicyclic) bond motifs is 1. The number of amides is 2. The molecule has 3 rings (SSSR count). The molecule has 0 spiro atoms. The van der Waals surface area contributed by atoms with Crippen LogP contribution in [0.5, 0.6) is 5.75 Å². The molecule has 2 aromatic carbocycles. The maximum atomic E-state index is 12.0. The van der Waals surface area contributed by atoms with Gasteiger partial charge >= 0.3 is 11.8 Å². The fourth-order valence-corrected chi connectivity index (χ4v) is 2.79. The van der Waals surface area contributed by atoms with Gasteiger partial charge in [-0.1, -0.05) is 48.5 Å². The van der Waals surface area contributed by atoms with Crippen LogP contribution in [-0.2, 0) is 21.7 Å². The maximum absolute atomic E-state index is 12.0. The molecule has 0 fully saturated rings. The number of carbonyl (C=O) groups excluding carboxylic acids is 2. The second kappa shape index (κ2) is 7.36. The fourth-order valence-electron chi connectivity index (χ4n) is 2.79. The van der Waals surface area contributed by atoms with Crippen LogP contribution in [0.3, 0.4) is 0 Å². The van der Waals surface area contributed by atoms with E-state index in [1.165, 1.54) is 0 Å². The molecule has 2 aromatic rings. The third kappa shape index (κ3) is 3.97. The molecule has 1 heterocycles. The Morgan fingerprint density at radius 3 is 2.48 bits per heavy atom. The van der Waals surface area contributed by atoms with Crippen LogP contribution in [0.2, 0.25) is 0 Å². The molecule has 0 unspecified atom stereocenters. The first-order valence-electron chi connectivity index (χ1n) is 8.13. The number of nitrogens with one attached hydrogen (secondary N) is 2. The van der Waals surface area contributed by atoms with Crippen molar-refractivity contribution in [3.63, 3.8) is 0 Å². The van der Waals surface area contributed by atoms with E-state index in [1.807, 2.05) is 36.4 Å². The van der Waals surface area contributed by atoms with Crippen molar-refractivity contribution in [3.05, 3.63) is 65.7 Å². The highest BCUT2D eigenvalue weighted by molar-refractivity contribution is 6.35. The number of hydrogen-bond acceptors (Lipinski definition) is 4. The van der Waals surface area contributed by atoms with Gasteiger partial charge in [0.1, 0.15) is 11.4 Å². The summed E-state index contributed by atoms with van der Waals surface area (Å²) < 4.78 is 5.51. The quantitative estimate of drug-likeness (QED) is 0.727. The number of hydrogen-bond donors (Lipinski definition) is 3. The third-order valence-corrected chi connectivity index (χ3v) is 4.21. The Morgan fingerprint density at radius 1 is 1.00 bits per heavy atom. The number of rotatable bonds is 4. The van der Waals surface area contributed by atoms with Crippen LogP contribution in [0, 0.1) is 0 Å². The van der Waals surface area contributed by atoms with Crippen molar-refractivity contribution in [1.82, 2.24) is 10.6 Å². The lowest BCUT2D eigenvalue weighted by Crippen LogP contribution is -2.47. The zero-order chi connectivity index (χ0) is 17.7. The van der Waals surface area contributed by atoms with Crippen LogP contribution in [0.15, 0.2) is 54.6 Å². The van der Waals surface area contributed by atoms with E-state index in [-0.39, 0.29) is 13.1 Å². The van der Waals surface area contributed by atoms with E-state index in [1.54, 1.807) is 18.2 Å². The minimum atomic E-state index is -1.25. The van der Waals surface area contributed by atoms with Gasteiger partial charge in [-0.25, -0.2) is 0 Å². The van der Waals surface area contributed by atoms with Crippen molar-refractivity contribution in [1.29, 1.82) is 0 Å². The Bertz CT molecular complexity index is 763. The summed E-state index contributed by atoms with van der Waals surface area (Å²) in [6, 6.07) is 16.5. The van der Waals surface area contributed by atoms with Crippen molar-refractivity contribution in [3.8, 4) is 5.75 Å². The van der Waals surface area contributed by atoms with E-state index in [2.05, 4.69) is 10.6 Å². The van der Waals surface area contributed by atoms with Crippen molar-refractivity contribution < 1.29 is 19.4 Å². The normalized spacial score (nSPS) is 18.6. The summed E-state index contributed by atoms with van der Waals surface area (Å²) in [5.41, 5.74) is 0.274. The molecule has 1 aliphatic heterocycles. The van der Waals surface area contributed by atoms with Gasteiger partial charge in [0.2, 0.25) is 0 Å². The number of para-hydroxylation sites is 1. The molecule has 6 heteroatoms. The summed E-state index contributed by atoms with van der Waals surface area (Å²) >= 11 is 0. The largest absolute Gasteiger partial charge is 0.493 e. The van der Waals surface area contributed by atoms with Crippen LogP contribution in [0.25, 0.3) is 0 Å². The summed E-state index contributed by atoms with van der Waals surface area (Å²) in [4.78, 5) is 23.9. The van der Waals surface area contributed by atoms with E-state index in [0.29, 0.717) is 24.3 Å². The first-order valence-corrected chi connectivity index (χ1v) is 8.13. The molecule has 1 atom stereocenters. The van der Waals surface area contributed by atoms with E-state index < -0.39 is 17.4 Å². The lowest BCUT2D eigenvalue weighted by Gasteiger charge is -2.34. The Hall–Kier alpha value is -2.86. The van der Waals surface area contributed by atoms with Crippen molar-refractivity contribution in [2.45, 2.75) is 18.6 Å². The molecule has 3 N–H and O–H groups in total. The van der Waals surface area contributed by atoms with E-state index in [4.69, 9.17) is 4.74 Å². The molecule has 130 valence electrons. The van der Waals surface area contributed by atoms with Gasteiger partial charge in [-0.2, -0.15) is 0 Å². The summed E-state index contributed by atoms with van der Waals surface area (Å²) in [5.74, 6) is -0.903. The van der Waals surface area contributed by atoms with Gasteiger partial charge in [0, 0.05) is 18.5 Å². The van der Waals surface area contributed by atoms with Crippen LogP contribution in [0.4, 0.5) is 0 Å². The first-order chi connectivity index (χ1) is 12.1. The van der Waals surface area contributed by atoms with E-state index in [9.17, 15) is 14.7 Å². The van der Waals surface area contributed by atoms with Crippen molar-refractivity contribution >= 4 is 11.8 Å². The smallest absolute Gasteiger partial charge is 0.309 e. The second-order valence-electron chi connectivity index (χ2n) is 5.98. The van der Waals surface area contributed by atoms with Gasteiger partial charge in [-0.3, -0.25) is 9.59 Å². The molecule has 0 radical (unpaired) electrons. The highest BCUT2D eigenvalue weighted by atomic mass is 16.5. The van der Waals surface area contributed by atoms with E-state index >= 15 is 0 Å². The molecule has 0 saturated carbocycles. The second-order valence-corrected chi connectivity index (χ2v) is 5.98. The fraction of sp³-hybridized carbons (Fsp3) is 0.263. The van der Waals surface area contributed by atoms with Gasteiger partial charge < -0.3 is 20.5 Å². The van der Waals surface area contributed by atoms with Gasteiger partial charge in [0.25, 0.3) is 0 Å².